The van der Waals surface area contributed by atoms with Gasteiger partial charge in [0.2, 0.25) is 0 Å². The van der Waals surface area contributed by atoms with Crippen molar-refractivity contribution in [3.05, 3.63) is 65.5 Å². The summed E-state index contributed by atoms with van der Waals surface area (Å²) in [4.78, 5) is 3.83. The Morgan fingerprint density at radius 1 is 1.10 bits per heavy atom. The smallest absolute Gasteiger partial charge is 0.264 e. The lowest BCUT2D eigenvalue weighted by Crippen LogP contribution is -2.10. The van der Waals surface area contributed by atoms with Gasteiger partial charge < -0.3 is 0 Å². The maximum atomic E-state index is 12.9. The predicted molar refractivity (Wildman–Crippen MR) is 75.7 cm³/mol. The molecule has 1 atom stereocenters. The van der Waals surface area contributed by atoms with E-state index in [1.165, 1.54) is 12.4 Å². The molecule has 2 aromatic rings. The third-order valence-corrected chi connectivity index (χ3v) is 4.02. The fourth-order valence-corrected chi connectivity index (χ4v) is 2.55. The second kappa shape index (κ2) is 6.39. The maximum Gasteiger partial charge on any atom is 0.416 e. The number of alkyl halides is 4. The van der Waals surface area contributed by atoms with Crippen molar-refractivity contribution in [3.63, 3.8) is 0 Å². The highest BCUT2D eigenvalue weighted by molar-refractivity contribution is 9.09. The van der Waals surface area contributed by atoms with Crippen molar-refractivity contribution >= 4 is 15.9 Å². The quantitative estimate of drug-likeness (QED) is 0.698. The molecule has 2 rings (SSSR count). The van der Waals surface area contributed by atoms with Gasteiger partial charge in [-0.15, -0.1) is 0 Å². The normalized spacial score (nSPS) is 13.2. The average molecular weight is 344 g/mol. The summed E-state index contributed by atoms with van der Waals surface area (Å²) in [6.07, 6.45) is -0.943. The van der Waals surface area contributed by atoms with Crippen LogP contribution >= 0.6 is 15.9 Å². The van der Waals surface area contributed by atoms with Crippen LogP contribution in [-0.4, -0.2) is 4.98 Å². The fraction of sp³-hybridized carbons (Fsp3) is 0.267. The van der Waals surface area contributed by atoms with E-state index in [1.807, 2.05) is 30.3 Å². The van der Waals surface area contributed by atoms with Gasteiger partial charge in [-0.3, -0.25) is 4.98 Å². The van der Waals surface area contributed by atoms with E-state index in [-0.39, 0.29) is 10.4 Å². The zero-order valence-electron chi connectivity index (χ0n) is 10.6. The predicted octanol–water partition coefficient (Wildman–Crippen LogP) is 5.17. The molecule has 0 bridgehead atoms. The Kier molecular flexibility index (Phi) is 4.81. The first-order valence-corrected chi connectivity index (χ1v) is 7.09. The maximum absolute atomic E-state index is 12.9. The Balaban J connectivity index is 2.08. The molecule has 0 saturated heterocycles. The molecule has 0 fully saturated rings. The van der Waals surface area contributed by atoms with Crippen molar-refractivity contribution in [2.24, 2.45) is 0 Å². The Bertz CT molecular complexity index is 555. The van der Waals surface area contributed by atoms with Crippen molar-refractivity contribution in [2.75, 3.05) is 0 Å². The SMILES string of the molecule is FC(F)(F)c1ccncc1CCC(Br)c1ccccc1. The minimum absolute atomic E-state index is 0.0324. The molecule has 106 valence electrons. The zero-order valence-corrected chi connectivity index (χ0v) is 12.2. The van der Waals surface area contributed by atoms with E-state index in [9.17, 15) is 13.2 Å². The van der Waals surface area contributed by atoms with Crippen molar-refractivity contribution in [1.82, 2.24) is 4.98 Å². The Morgan fingerprint density at radius 2 is 1.80 bits per heavy atom. The largest absolute Gasteiger partial charge is 0.416 e. The number of hydrogen-bond acceptors (Lipinski definition) is 1. The molecule has 0 aliphatic carbocycles. The van der Waals surface area contributed by atoms with Crippen LogP contribution in [0.1, 0.15) is 27.9 Å². The lowest BCUT2D eigenvalue weighted by molar-refractivity contribution is -0.138. The summed E-state index contributed by atoms with van der Waals surface area (Å²) in [6, 6.07) is 10.7. The van der Waals surface area contributed by atoms with Crippen molar-refractivity contribution in [3.8, 4) is 0 Å². The number of benzene rings is 1. The topological polar surface area (TPSA) is 12.9 Å². The number of halogens is 4. The average Bonchev–Trinajstić information content (AvgIpc) is 2.45. The van der Waals surface area contributed by atoms with Gasteiger partial charge in [-0.2, -0.15) is 13.2 Å². The molecule has 20 heavy (non-hydrogen) atoms. The summed E-state index contributed by atoms with van der Waals surface area (Å²) in [5.41, 5.74) is 0.700. The number of nitrogens with zero attached hydrogens (tertiary/aromatic N) is 1. The standard InChI is InChI=1S/C15H13BrF3N/c16-14(11-4-2-1-3-5-11)7-6-12-10-20-9-8-13(12)15(17,18)19/h1-5,8-10,14H,6-7H2. The molecule has 1 heterocycles. The second-order valence-electron chi connectivity index (χ2n) is 4.45. The van der Waals surface area contributed by atoms with Gasteiger partial charge >= 0.3 is 6.18 Å². The van der Waals surface area contributed by atoms with E-state index >= 15 is 0 Å². The molecule has 0 aliphatic heterocycles. The van der Waals surface area contributed by atoms with Crippen LogP contribution < -0.4 is 0 Å². The van der Waals surface area contributed by atoms with Gasteiger partial charge in [0.1, 0.15) is 0 Å². The van der Waals surface area contributed by atoms with E-state index in [0.717, 1.165) is 11.6 Å². The summed E-state index contributed by atoms with van der Waals surface area (Å²) in [5, 5.41) is 0. The minimum Gasteiger partial charge on any atom is -0.264 e. The molecule has 1 aromatic heterocycles. The molecule has 1 aromatic carbocycles. The number of aryl methyl sites for hydroxylation is 1. The van der Waals surface area contributed by atoms with Gasteiger partial charge in [-0.05, 0) is 30.0 Å². The number of hydrogen-bond donors (Lipinski definition) is 0. The van der Waals surface area contributed by atoms with Crippen LogP contribution in [0.4, 0.5) is 13.2 Å². The van der Waals surface area contributed by atoms with Crippen LogP contribution in [0, 0.1) is 0 Å². The van der Waals surface area contributed by atoms with Gasteiger partial charge in [-0.1, -0.05) is 46.3 Å². The van der Waals surface area contributed by atoms with E-state index in [2.05, 4.69) is 20.9 Å². The van der Waals surface area contributed by atoms with E-state index in [1.54, 1.807) is 0 Å². The van der Waals surface area contributed by atoms with E-state index in [0.29, 0.717) is 12.8 Å². The number of rotatable bonds is 4. The zero-order chi connectivity index (χ0) is 14.6. The van der Waals surface area contributed by atoms with Crippen LogP contribution in [0.25, 0.3) is 0 Å². The molecule has 0 aliphatic rings. The molecular formula is C15H13BrF3N. The van der Waals surface area contributed by atoms with E-state index < -0.39 is 11.7 Å². The van der Waals surface area contributed by atoms with Gasteiger partial charge in [0.25, 0.3) is 0 Å². The monoisotopic (exact) mass is 343 g/mol. The minimum atomic E-state index is -4.33. The fourth-order valence-electron chi connectivity index (χ4n) is 2.01. The highest BCUT2D eigenvalue weighted by Crippen LogP contribution is 2.34. The molecule has 0 radical (unpaired) electrons. The molecule has 0 N–H and O–H groups in total. The van der Waals surface area contributed by atoms with Gasteiger partial charge in [0, 0.05) is 17.2 Å². The van der Waals surface area contributed by atoms with E-state index in [4.69, 9.17) is 0 Å². The van der Waals surface area contributed by atoms with Crippen LogP contribution in [0.15, 0.2) is 48.8 Å². The summed E-state index contributed by atoms with van der Waals surface area (Å²) in [7, 11) is 0. The van der Waals surface area contributed by atoms with Crippen molar-refractivity contribution < 1.29 is 13.2 Å². The van der Waals surface area contributed by atoms with Crippen molar-refractivity contribution in [2.45, 2.75) is 23.8 Å². The van der Waals surface area contributed by atoms with Crippen LogP contribution in [-0.2, 0) is 12.6 Å². The molecule has 5 heteroatoms. The first-order valence-electron chi connectivity index (χ1n) is 6.17. The van der Waals surface area contributed by atoms with Gasteiger partial charge in [0.15, 0.2) is 0 Å². The lowest BCUT2D eigenvalue weighted by Gasteiger charge is -2.14. The van der Waals surface area contributed by atoms with Crippen LogP contribution in [0.3, 0.4) is 0 Å². The summed E-state index contributed by atoms with van der Waals surface area (Å²) in [5.74, 6) is 0. The summed E-state index contributed by atoms with van der Waals surface area (Å²) in [6.45, 7) is 0. The molecular weight excluding hydrogens is 331 g/mol. The van der Waals surface area contributed by atoms with Crippen LogP contribution in [0.2, 0.25) is 0 Å². The number of pyridine rings is 1. The third-order valence-electron chi connectivity index (χ3n) is 3.04. The molecule has 1 unspecified atom stereocenters. The molecule has 1 nitrogen and oxygen atoms in total. The highest BCUT2D eigenvalue weighted by Gasteiger charge is 2.33. The highest BCUT2D eigenvalue weighted by atomic mass is 79.9. The molecule has 0 amide bonds. The Morgan fingerprint density at radius 3 is 2.45 bits per heavy atom. The lowest BCUT2D eigenvalue weighted by atomic mass is 10.0. The van der Waals surface area contributed by atoms with Gasteiger partial charge in [0.05, 0.1) is 5.56 Å². The summed E-state index contributed by atoms with van der Waals surface area (Å²) < 4.78 is 38.6. The molecule has 0 saturated carbocycles. The molecule has 0 spiro atoms. The Hall–Kier alpha value is -1.36. The summed E-state index contributed by atoms with van der Waals surface area (Å²) >= 11 is 3.52. The first kappa shape index (κ1) is 15.0. The third kappa shape index (κ3) is 3.82. The van der Waals surface area contributed by atoms with Crippen molar-refractivity contribution in [1.29, 1.82) is 0 Å². The second-order valence-corrected chi connectivity index (χ2v) is 5.55. The van der Waals surface area contributed by atoms with Gasteiger partial charge in [-0.25, -0.2) is 0 Å². The number of aromatic nitrogens is 1. The first-order chi connectivity index (χ1) is 9.48. The Labute approximate surface area is 124 Å². The van der Waals surface area contributed by atoms with Crippen LogP contribution in [0.5, 0.6) is 0 Å².